The Bertz CT molecular complexity index is 586. The highest BCUT2D eigenvalue weighted by atomic mass is 16.3. The number of aromatic nitrogens is 1. The van der Waals surface area contributed by atoms with Crippen LogP contribution in [-0.4, -0.2) is 30.0 Å². The number of nitrogens with zero attached hydrogens (tertiary/aromatic N) is 2. The first-order chi connectivity index (χ1) is 9.10. The zero-order chi connectivity index (χ0) is 13.5. The highest BCUT2D eigenvalue weighted by Crippen LogP contribution is 2.45. The highest BCUT2D eigenvalue weighted by molar-refractivity contribution is 5.73. The molecule has 0 bridgehead atoms. The van der Waals surface area contributed by atoms with E-state index in [0.29, 0.717) is 5.41 Å². The van der Waals surface area contributed by atoms with Crippen molar-refractivity contribution in [1.29, 1.82) is 0 Å². The summed E-state index contributed by atoms with van der Waals surface area (Å²) in [7, 11) is 2.16. The number of nitrogens with two attached hydrogens (primary N) is 1. The van der Waals surface area contributed by atoms with Crippen molar-refractivity contribution in [3.8, 4) is 0 Å². The van der Waals surface area contributed by atoms with Gasteiger partial charge in [-0.3, -0.25) is 0 Å². The van der Waals surface area contributed by atoms with Gasteiger partial charge >= 0.3 is 0 Å². The van der Waals surface area contributed by atoms with Gasteiger partial charge in [0.2, 0.25) is 0 Å². The van der Waals surface area contributed by atoms with Gasteiger partial charge in [0.05, 0.1) is 0 Å². The molecule has 0 spiro atoms. The molecular weight excluding hydrogens is 238 g/mol. The van der Waals surface area contributed by atoms with Gasteiger partial charge in [-0.2, -0.15) is 0 Å². The van der Waals surface area contributed by atoms with Crippen molar-refractivity contribution in [3.05, 3.63) is 29.7 Å². The Morgan fingerprint density at radius 1 is 1.42 bits per heavy atom. The van der Waals surface area contributed by atoms with Crippen LogP contribution in [0.1, 0.15) is 24.3 Å². The van der Waals surface area contributed by atoms with Gasteiger partial charge in [-0.15, -0.1) is 0 Å². The third-order valence-corrected chi connectivity index (χ3v) is 4.01. The van der Waals surface area contributed by atoms with Crippen LogP contribution >= 0.6 is 0 Å². The van der Waals surface area contributed by atoms with Gasteiger partial charge in [-0.25, -0.2) is 4.98 Å². The van der Waals surface area contributed by atoms with Gasteiger partial charge in [0.15, 0.2) is 11.5 Å². The zero-order valence-electron chi connectivity index (χ0n) is 11.6. The van der Waals surface area contributed by atoms with Gasteiger partial charge in [0.25, 0.3) is 0 Å². The first-order valence-corrected chi connectivity index (χ1v) is 6.85. The van der Waals surface area contributed by atoms with Crippen LogP contribution in [0.5, 0.6) is 0 Å². The third kappa shape index (κ3) is 2.65. The van der Waals surface area contributed by atoms with E-state index in [1.807, 2.05) is 13.0 Å². The summed E-state index contributed by atoms with van der Waals surface area (Å²) in [5.41, 5.74) is 9.30. The van der Waals surface area contributed by atoms with Crippen molar-refractivity contribution >= 4 is 11.1 Å². The maximum Gasteiger partial charge on any atom is 0.192 e. The summed E-state index contributed by atoms with van der Waals surface area (Å²) in [6, 6.07) is 6.25. The second-order valence-electron chi connectivity index (χ2n) is 5.91. The fraction of sp³-hybridized carbons (Fsp3) is 0.533. The van der Waals surface area contributed by atoms with E-state index in [0.717, 1.165) is 36.6 Å². The minimum absolute atomic E-state index is 0.391. The highest BCUT2D eigenvalue weighted by Gasteiger charge is 2.41. The quantitative estimate of drug-likeness (QED) is 0.895. The van der Waals surface area contributed by atoms with Crippen molar-refractivity contribution < 1.29 is 4.42 Å². The minimum atomic E-state index is 0.391. The summed E-state index contributed by atoms with van der Waals surface area (Å²) in [6.07, 6.45) is 2.54. The van der Waals surface area contributed by atoms with E-state index in [-0.39, 0.29) is 0 Å². The molecule has 19 heavy (non-hydrogen) atoms. The minimum Gasteiger partial charge on any atom is -0.441 e. The molecule has 0 radical (unpaired) electrons. The maximum atomic E-state index is 5.84. The average Bonchev–Trinajstić information content (AvgIpc) is 3.03. The van der Waals surface area contributed by atoms with Crippen LogP contribution in [0.15, 0.2) is 22.6 Å². The van der Waals surface area contributed by atoms with Gasteiger partial charge in [-0.1, -0.05) is 6.07 Å². The molecule has 102 valence electrons. The van der Waals surface area contributed by atoms with Crippen molar-refractivity contribution in [2.24, 2.45) is 11.1 Å². The maximum absolute atomic E-state index is 5.84. The van der Waals surface area contributed by atoms with E-state index in [1.165, 1.54) is 18.4 Å². The zero-order valence-corrected chi connectivity index (χ0v) is 11.6. The number of hydrogen-bond donors (Lipinski definition) is 1. The first kappa shape index (κ1) is 12.6. The molecule has 2 aromatic rings. The predicted octanol–water partition coefficient (Wildman–Crippen LogP) is 2.31. The average molecular weight is 259 g/mol. The summed E-state index contributed by atoms with van der Waals surface area (Å²) in [5.74, 6) is 0.723. The van der Waals surface area contributed by atoms with Crippen LogP contribution in [0.25, 0.3) is 11.1 Å². The van der Waals surface area contributed by atoms with Crippen LogP contribution in [-0.2, 0) is 6.54 Å². The number of rotatable bonds is 5. The molecule has 0 aliphatic heterocycles. The summed E-state index contributed by atoms with van der Waals surface area (Å²) in [4.78, 5) is 6.67. The molecule has 1 saturated carbocycles. The second-order valence-corrected chi connectivity index (χ2v) is 5.91. The van der Waals surface area contributed by atoms with Crippen LogP contribution in [0.3, 0.4) is 0 Å². The molecule has 0 atom stereocenters. The Morgan fingerprint density at radius 2 is 2.21 bits per heavy atom. The Morgan fingerprint density at radius 3 is 2.89 bits per heavy atom. The smallest absolute Gasteiger partial charge is 0.192 e. The fourth-order valence-corrected chi connectivity index (χ4v) is 2.73. The Labute approximate surface area is 113 Å². The number of fused-ring (bicyclic) bond motifs is 1. The van der Waals surface area contributed by atoms with Crippen LogP contribution in [0.2, 0.25) is 0 Å². The second kappa shape index (κ2) is 4.62. The van der Waals surface area contributed by atoms with E-state index >= 15 is 0 Å². The van der Waals surface area contributed by atoms with E-state index in [4.69, 9.17) is 10.2 Å². The van der Waals surface area contributed by atoms with Crippen molar-refractivity contribution in [1.82, 2.24) is 9.88 Å². The molecule has 4 heteroatoms. The number of aryl methyl sites for hydroxylation is 1. The Kier molecular flexibility index (Phi) is 3.07. The molecule has 1 aromatic carbocycles. The molecule has 1 heterocycles. The summed E-state index contributed by atoms with van der Waals surface area (Å²) >= 11 is 0. The Balaban J connectivity index is 1.70. The lowest BCUT2D eigenvalue weighted by molar-refractivity contribution is 0.259. The summed E-state index contributed by atoms with van der Waals surface area (Å²) in [5, 5.41) is 0. The molecule has 0 unspecified atom stereocenters. The first-order valence-electron chi connectivity index (χ1n) is 6.85. The van der Waals surface area contributed by atoms with Gasteiger partial charge in [0, 0.05) is 20.0 Å². The van der Waals surface area contributed by atoms with Crippen LogP contribution < -0.4 is 5.73 Å². The molecule has 1 aromatic heterocycles. The SMILES string of the molecule is Cc1nc2ccc(CN(C)CC3(CN)CC3)cc2o1. The summed E-state index contributed by atoms with van der Waals surface area (Å²) < 4.78 is 5.57. The van der Waals surface area contributed by atoms with Gasteiger partial charge in [0.1, 0.15) is 5.52 Å². The number of hydrogen-bond acceptors (Lipinski definition) is 4. The normalized spacial score (nSPS) is 17.3. The summed E-state index contributed by atoms with van der Waals surface area (Å²) in [6.45, 7) is 4.69. The topological polar surface area (TPSA) is 55.3 Å². The van der Waals surface area contributed by atoms with Crippen molar-refractivity contribution in [2.75, 3.05) is 20.1 Å². The van der Waals surface area contributed by atoms with E-state index in [9.17, 15) is 0 Å². The molecule has 2 N–H and O–H groups in total. The van der Waals surface area contributed by atoms with E-state index in [2.05, 4.69) is 29.1 Å². The molecule has 3 rings (SSSR count). The lowest BCUT2D eigenvalue weighted by Gasteiger charge is -2.22. The lowest BCUT2D eigenvalue weighted by atomic mass is 10.1. The van der Waals surface area contributed by atoms with E-state index < -0.39 is 0 Å². The molecule has 1 aliphatic rings. The third-order valence-electron chi connectivity index (χ3n) is 4.01. The molecule has 0 saturated heterocycles. The lowest BCUT2D eigenvalue weighted by Crippen LogP contribution is -2.31. The van der Waals surface area contributed by atoms with Crippen molar-refractivity contribution in [3.63, 3.8) is 0 Å². The molecule has 1 fully saturated rings. The molecule has 0 amide bonds. The van der Waals surface area contributed by atoms with E-state index in [1.54, 1.807) is 0 Å². The van der Waals surface area contributed by atoms with Crippen molar-refractivity contribution in [2.45, 2.75) is 26.3 Å². The molecule has 1 aliphatic carbocycles. The van der Waals surface area contributed by atoms with Gasteiger partial charge < -0.3 is 15.1 Å². The largest absolute Gasteiger partial charge is 0.441 e. The molecule has 4 nitrogen and oxygen atoms in total. The molecular formula is C15H21N3O. The standard InChI is InChI=1S/C15H21N3O/c1-11-17-13-4-3-12(7-14(13)19-11)8-18(2)10-15(9-16)5-6-15/h3-4,7H,5-6,8-10,16H2,1-2H3. The predicted molar refractivity (Wildman–Crippen MR) is 75.8 cm³/mol. The number of oxazole rings is 1. The van der Waals surface area contributed by atoms with Crippen LogP contribution in [0.4, 0.5) is 0 Å². The van der Waals surface area contributed by atoms with Gasteiger partial charge in [-0.05, 0) is 49.5 Å². The fourth-order valence-electron chi connectivity index (χ4n) is 2.73. The monoisotopic (exact) mass is 259 g/mol. The Hall–Kier alpha value is -1.39. The van der Waals surface area contributed by atoms with Crippen LogP contribution in [0, 0.1) is 12.3 Å². The number of benzene rings is 1.